The van der Waals surface area contributed by atoms with Crippen LogP contribution in [0, 0.1) is 19.8 Å². The molecule has 2 aromatic heterocycles. The third-order valence-electron chi connectivity index (χ3n) is 6.38. The summed E-state index contributed by atoms with van der Waals surface area (Å²) in [6.45, 7) is 4.41. The van der Waals surface area contributed by atoms with Gasteiger partial charge in [0.05, 0.1) is 11.3 Å². The summed E-state index contributed by atoms with van der Waals surface area (Å²) in [5, 5.41) is 14.8. The number of amides is 1. The first-order chi connectivity index (χ1) is 16.3. The molecule has 0 unspecified atom stereocenters. The first-order valence-corrected chi connectivity index (χ1v) is 10.9. The molecular weight excluding hydrogens is 475 g/mol. The summed E-state index contributed by atoms with van der Waals surface area (Å²) in [4.78, 5) is 24.3. The second-order valence-corrected chi connectivity index (χ2v) is 8.92. The fourth-order valence-corrected chi connectivity index (χ4v) is 4.36. The molecular formula is C22H21F5N6O2. The summed E-state index contributed by atoms with van der Waals surface area (Å²) < 4.78 is 67.1. The second-order valence-electron chi connectivity index (χ2n) is 8.92. The van der Waals surface area contributed by atoms with Crippen LogP contribution in [0.2, 0.25) is 0 Å². The van der Waals surface area contributed by atoms with E-state index in [1.807, 2.05) is 4.90 Å². The maximum absolute atomic E-state index is 13.2. The Hall–Kier alpha value is -3.51. The Kier molecular flexibility index (Phi) is 5.15. The number of alkyl halides is 5. The van der Waals surface area contributed by atoms with Crippen LogP contribution in [0.1, 0.15) is 23.2 Å². The van der Waals surface area contributed by atoms with Crippen molar-refractivity contribution in [2.75, 3.05) is 31.1 Å². The minimum atomic E-state index is -4.59. The number of carbonyl (C=O) groups excluding carboxylic acids is 1. The van der Waals surface area contributed by atoms with Crippen LogP contribution >= 0.6 is 0 Å². The summed E-state index contributed by atoms with van der Waals surface area (Å²) in [7, 11) is 0. The standard InChI is InChI=1S/C22H21F5N6O2/c1-11-7-13(22(25,26)27)9-16(34)17(11)15-8-12(2)33-19(28-15)29-20(30-33)32-5-3-31(4-6-32)18(35)14-10-21(14,23)24/h7-9,14,34H,3-6,10H2,1-2H3/t14-/m1/s1. The van der Waals surface area contributed by atoms with Gasteiger partial charge >= 0.3 is 6.18 Å². The molecule has 1 saturated carbocycles. The zero-order valence-electron chi connectivity index (χ0n) is 18.8. The number of hydrogen-bond acceptors (Lipinski definition) is 6. The van der Waals surface area contributed by atoms with E-state index >= 15 is 0 Å². The van der Waals surface area contributed by atoms with E-state index in [1.54, 1.807) is 13.0 Å². The van der Waals surface area contributed by atoms with E-state index in [9.17, 15) is 31.9 Å². The molecule has 186 valence electrons. The van der Waals surface area contributed by atoms with E-state index in [0.717, 1.165) is 6.07 Å². The zero-order valence-corrected chi connectivity index (χ0v) is 18.8. The predicted octanol–water partition coefficient (Wildman–Crippen LogP) is 3.44. The average molecular weight is 496 g/mol. The summed E-state index contributed by atoms with van der Waals surface area (Å²) in [5.74, 6) is -4.70. The number of rotatable bonds is 3. The maximum Gasteiger partial charge on any atom is 0.416 e. The van der Waals surface area contributed by atoms with Crippen molar-refractivity contribution < 1.29 is 31.9 Å². The number of phenols is 1. The van der Waals surface area contributed by atoms with E-state index in [-0.39, 0.29) is 35.7 Å². The molecule has 1 saturated heterocycles. The fourth-order valence-electron chi connectivity index (χ4n) is 4.36. The van der Waals surface area contributed by atoms with Gasteiger partial charge in [0.25, 0.3) is 11.7 Å². The minimum Gasteiger partial charge on any atom is -0.507 e. The van der Waals surface area contributed by atoms with E-state index in [1.165, 1.54) is 16.3 Å². The highest BCUT2D eigenvalue weighted by molar-refractivity contribution is 5.83. The molecule has 0 spiro atoms. The van der Waals surface area contributed by atoms with Crippen molar-refractivity contribution in [2.24, 2.45) is 5.92 Å². The first kappa shape index (κ1) is 23.2. The first-order valence-electron chi connectivity index (χ1n) is 10.9. The number of benzene rings is 1. The Balaban J connectivity index is 1.39. The van der Waals surface area contributed by atoms with Gasteiger partial charge < -0.3 is 14.9 Å². The summed E-state index contributed by atoms with van der Waals surface area (Å²) in [6.07, 6.45) is -4.99. The van der Waals surface area contributed by atoms with Crippen LogP contribution < -0.4 is 4.90 Å². The van der Waals surface area contributed by atoms with Gasteiger partial charge in [-0.05, 0) is 37.6 Å². The SMILES string of the molecule is Cc1cc(C(F)(F)F)cc(O)c1-c1cc(C)n2nc(N3CCN(C(=O)[C@H]4CC4(F)F)CC3)nc2n1. The Morgan fingerprint density at radius 3 is 2.31 bits per heavy atom. The molecule has 3 aromatic rings. The van der Waals surface area contributed by atoms with Crippen LogP contribution in [0.25, 0.3) is 17.0 Å². The van der Waals surface area contributed by atoms with Crippen LogP contribution in [0.5, 0.6) is 5.75 Å². The molecule has 0 radical (unpaired) electrons. The van der Waals surface area contributed by atoms with E-state index in [4.69, 9.17) is 0 Å². The van der Waals surface area contributed by atoms with Crippen LogP contribution in [-0.4, -0.2) is 67.6 Å². The zero-order chi connectivity index (χ0) is 25.3. The van der Waals surface area contributed by atoms with Crippen LogP contribution in [0.15, 0.2) is 18.2 Å². The largest absolute Gasteiger partial charge is 0.507 e. The minimum absolute atomic E-state index is 0.164. The van der Waals surface area contributed by atoms with Crippen molar-refractivity contribution in [1.82, 2.24) is 24.5 Å². The van der Waals surface area contributed by atoms with Crippen LogP contribution in [-0.2, 0) is 11.0 Å². The number of hydrogen-bond donors (Lipinski definition) is 1. The smallest absolute Gasteiger partial charge is 0.416 e. The lowest BCUT2D eigenvalue weighted by Crippen LogP contribution is -2.50. The third kappa shape index (κ3) is 4.12. The van der Waals surface area contributed by atoms with E-state index in [0.29, 0.717) is 30.8 Å². The van der Waals surface area contributed by atoms with Gasteiger partial charge in [-0.25, -0.2) is 13.8 Å². The quantitative estimate of drug-likeness (QED) is 0.560. The number of piperazine rings is 1. The number of carbonyl (C=O) groups is 1. The van der Waals surface area contributed by atoms with Crippen molar-refractivity contribution in [3.8, 4) is 17.0 Å². The van der Waals surface area contributed by atoms with Gasteiger partial charge in [-0.1, -0.05) is 0 Å². The monoisotopic (exact) mass is 496 g/mol. The molecule has 1 atom stereocenters. The number of fused-ring (bicyclic) bond motifs is 1. The maximum atomic E-state index is 13.2. The number of anilines is 1. The van der Waals surface area contributed by atoms with Crippen molar-refractivity contribution >= 4 is 17.6 Å². The van der Waals surface area contributed by atoms with E-state index < -0.39 is 41.7 Å². The highest BCUT2D eigenvalue weighted by atomic mass is 19.4. The van der Waals surface area contributed by atoms with Gasteiger partial charge in [0, 0.05) is 43.9 Å². The molecule has 1 amide bonds. The lowest BCUT2D eigenvalue weighted by molar-refractivity contribution is -0.138. The van der Waals surface area contributed by atoms with Gasteiger partial charge in [0.15, 0.2) is 0 Å². The van der Waals surface area contributed by atoms with Crippen LogP contribution in [0.3, 0.4) is 0 Å². The number of aryl methyl sites for hydroxylation is 2. The highest BCUT2D eigenvalue weighted by Gasteiger charge is 2.62. The van der Waals surface area contributed by atoms with Gasteiger partial charge in [-0.3, -0.25) is 4.79 Å². The van der Waals surface area contributed by atoms with Crippen molar-refractivity contribution in [3.05, 3.63) is 35.0 Å². The Bertz CT molecular complexity index is 1310. The Morgan fingerprint density at radius 2 is 1.74 bits per heavy atom. The molecule has 2 aliphatic rings. The Morgan fingerprint density at radius 1 is 1.09 bits per heavy atom. The molecule has 1 aliphatic heterocycles. The van der Waals surface area contributed by atoms with Gasteiger partial charge in [-0.2, -0.15) is 22.7 Å². The molecule has 1 aromatic carbocycles. The molecule has 8 nitrogen and oxygen atoms in total. The molecule has 1 aliphatic carbocycles. The van der Waals surface area contributed by atoms with Crippen molar-refractivity contribution in [2.45, 2.75) is 32.4 Å². The molecule has 2 fully saturated rings. The number of phenolic OH excluding ortho intramolecular Hbond substituents is 1. The number of nitrogens with zero attached hydrogens (tertiary/aromatic N) is 6. The number of halogens is 5. The Labute approximate surface area is 196 Å². The van der Waals surface area contributed by atoms with Gasteiger partial charge in [0.2, 0.25) is 11.9 Å². The molecule has 3 heterocycles. The normalized spacial score (nSPS) is 19.9. The lowest BCUT2D eigenvalue weighted by Gasteiger charge is -2.34. The summed E-state index contributed by atoms with van der Waals surface area (Å²) in [6, 6.07) is 3.20. The number of aromatic nitrogens is 4. The lowest BCUT2D eigenvalue weighted by atomic mass is 10.00. The predicted molar refractivity (Wildman–Crippen MR) is 114 cm³/mol. The topological polar surface area (TPSA) is 86.9 Å². The fraction of sp³-hybridized carbons (Fsp3) is 0.455. The van der Waals surface area contributed by atoms with Crippen molar-refractivity contribution in [1.29, 1.82) is 0 Å². The molecule has 1 N–H and O–H groups in total. The second kappa shape index (κ2) is 7.75. The van der Waals surface area contributed by atoms with Crippen LogP contribution in [0.4, 0.5) is 27.9 Å². The van der Waals surface area contributed by atoms with Gasteiger partial charge in [0.1, 0.15) is 11.7 Å². The molecule has 13 heteroatoms. The summed E-state index contributed by atoms with van der Waals surface area (Å²) >= 11 is 0. The average Bonchev–Trinajstić information content (AvgIpc) is 3.20. The molecule has 35 heavy (non-hydrogen) atoms. The number of aromatic hydroxyl groups is 1. The van der Waals surface area contributed by atoms with Gasteiger partial charge in [-0.15, -0.1) is 5.10 Å². The molecule has 0 bridgehead atoms. The molecule has 5 rings (SSSR count). The highest BCUT2D eigenvalue weighted by Crippen LogP contribution is 2.49. The van der Waals surface area contributed by atoms with E-state index in [2.05, 4.69) is 15.1 Å². The van der Waals surface area contributed by atoms with Crippen molar-refractivity contribution in [3.63, 3.8) is 0 Å². The summed E-state index contributed by atoms with van der Waals surface area (Å²) in [5.41, 5.74) is 0.250. The third-order valence-corrected chi connectivity index (χ3v) is 6.38.